The van der Waals surface area contributed by atoms with Gasteiger partial charge in [0.25, 0.3) is 5.24 Å². The average Bonchev–Trinajstić information content (AvgIpc) is 3.53. The average molecular weight is 529 g/mol. The van der Waals surface area contributed by atoms with Gasteiger partial charge in [-0.3, -0.25) is 20.7 Å². The summed E-state index contributed by atoms with van der Waals surface area (Å²) in [6, 6.07) is 15.5. The van der Waals surface area contributed by atoms with Crippen molar-refractivity contribution in [3.8, 4) is 11.8 Å². The van der Waals surface area contributed by atoms with Crippen molar-refractivity contribution in [2.24, 2.45) is 0 Å². The minimum absolute atomic E-state index is 0.0783. The molecule has 1 aliphatic rings. The third kappa shape index (κ3) is 7.42. The third-order valence-corrected chi connectivity index (χ3v) is 9.39. The Bertz CT molecular complexity index is 1210. The van der Waals surface area contributed by atoms with Gasteiger partial charge in [-0.05, 0) is 65.6 Å². The number of hydrogen-bond donors (Lipinski definition) is 2. The minimum Gasteiger partial charge on any atom is -0.477 e. The number of thioether (sulfide) groups is 1. The van der Waals surface area contributed by atoms with Crippen molar-refractivity contribution in [1.29, 1.82) is 0 Å². The van der Waals surface area contributed by atoms with Gasteiger partial charge >= 0.3 is 5.97 Å². The molecule has 2 aromatic heterocycles. The smallest absolute Gasteiger partial charge is 0.345 e. The molecule has 1 aliphatic heterocycles. The molecular formula is C26H28N2O4S3. The maximum absolute atomic E-state index is 12.6. The summed E-state index contributed by atoms with van der Waals surface area (Å²) < 4.78 is 5.28. The molecular weight excluding hydrogens is 500 g/mol. The molecule has 1 fully saturated rings. The first-order valence-electron chi connectivity index (χ1n) is 11.3. The van der Waals surface area contributed by atoms with Crippen LogP contribution in [0.1, 0.15) is 31.4 Å². The lowest BCUT2D eigenvalue weighted by Gasteiger charge is -2.38. The molecule has 3 heterocycles. The molecule has 6 nitrogen and oxygen atoms in total. The molecule has 0 bridgehead atoms. The summed E-state index contributed by atoms with van der Waals surface area (Å²) >= 11 is 2.64. The Morgan fingerprint density at radius 1 is 1.17 bits per heavy atom. The second-order valence-corrected chi connectivity index (χ2v) is 12.9. The highest BCUT2D eigenvalue weighted by atomic mass is 32.2. The standard InChI is InChI=1S/C26H28N2O4S3/c1-35(19-21-5-2-4-20(18-21)7-8-22-6-3-15-32-22)17-14-27-13-16-33-26(31)28(27)12-11-23-9-10-24(34-23)25(29)30/h2-6,9-10,15,18,35H,11-14,16-17,19H2,1H3,(H,29,30). The number of rotatable bonds is 9. The van der Waals surface area contributed by atoms with Crippen LogP contribution in [0, 0.1) is 11.8 Å². The number of carboxylic acids is 1. The molecule has 1 saturated heterocycles. The molecule has 1 atom stereocenters. The van der Waals surface area contributed by atoms with Crippen LogP contribution in [0.25, 0.3) is 0 Å². The van der Waals surface area contributed by atoms with Gasteiger partial charge < -0.3 is 9.52 Å². The van der Waals surface area contributed by atoms with Crippen molar-refractivity contribution in [2.75, 3.05) is 37.4 Å². The first-order valence-corrected chi connectivity index (χ1v) is 15.3. The van der Waals surface area contributed by atoms with E-state index in [0.29, 0.717) is 23.6 Å². The second-order valence-electron chi connectivity index (χ2n) is 8.18. The Morgan fingerprint density at radius 3 is 2.83 bits per heavy atom. The fourth-order valence-electron chi connectivity index (χ4n) is 3.77. The Hall–Kier alpha value is -2.64. The number of aromatic carboxylic acids is 1. The van der Waals surface area contributed by atoms with Crippen LogP contribution in [0.15, 0.2) is 59.2 Å². The first-order chi connectivity index (χ1) is 17.0. The lowest BCUT2D eigenvalue weighted by Crippen LogP contribution is -2.51. The number of carbonyl (C=O) groups excluding carboxylic acids is 1. The molecule has 0 aliphatic carbocycles. The van der Waals surface area contributed by atoms with Gasteiger partial charge in [0.2, 0.25) is 0 Å². The summed E-state index contributed by atoms with van der Waals surface area (Å²) in [5, 5.41) is 13.2. The fraction of sp³-hybridized carbons (Fsp3) is 0.308. The van der Waals surface area contributed by atoms with Gasteiger partial charge in [-0.1, -0.05) is 29.8 Å². The van der Waals surface area contributed by atoms with Crippen molar-refractivity contribution in [1.82, 2.24) is 10.0 Å². The third-order valence-electron chi connectivity index (χ3n) is 5.54. The molecule has 1 aromatic carbocycles. The van der Waals surface area contributed by atoms with E-state index >= 15 is 0 Å². The van der Waals surface area contributed by atoms with Crippen molar-refractivity contribution in [3.05, 3.63) is 81.4 Å². The molecule has 35 heavy (non-hydrogen) atoms. The zero-order valence-corrected chi connectivity index (χ0v) is 22.0. The SMILES string of the molecule is C[SH](CCN1CCSC(=O)N1CCc1ccc(C(=O)O)s1)Cc1cccc(C#Cc2ccco2)c1. The van der Waals surface area contributed by atoms with Crippen LogP contribution in [-0.4, -0.2) is 63.7 Å². The number of carbonyl (C=O) groups is 2. The normalized spacial score (nSPS) is 15.5. The topological polar surface area (TPSA) is 74.0 Å². The van der Waals surface area contributed by atoms with Gasteiger partial charge in [0.15, 0.2) is 5.76 Å². The predicted octanol–water partition coefficient (Wildman–Crippen LogP) is 5.20. The Kier molecular flexibility index (Phi) is 8.99. The van der Waals surface area contributed by atoms with Crippen molar-refractivity contribution < 1.29 is 19.1 Å². The van der Waals surface area contributed by atoms with Gasteiger partial charge in [0.05, 0.1) is 6.26 Å². The number of thiol groups is 1. The summed E-state index contributed by atoms with van der Waals surface area (Å²) in [5.41, 5.74) is 2.26. The van der Waals surface area contributed by atoms with E-state index in [1.807, 2.05) is 35.3 Å². The largest absolute Gasteiger partial charge is 0.477 e. The molecule has 9 heteroatoms. The van der Waals surface area contributed by atoms with Gasteiger partial charge in [0, 0.05) is 42.2 Å². The summed E-state index contributed by atoms with van der Waals surface area (Å²) in [7, 11) is -0.246. The minimum atomic E-state index is -0.904. The van der Waals surface area contributed by atoms with E-state index in [1.165, 1.54) is 28.7 Å². The van der Waals surface area contributed by atoms with E-state index in [4.69, 9.17) is 9.52 Å². The molecule has 184 valence electrons. The monoisotopic (exact) mass is 528 g/mol. The Labute approximate surface area is 216 Å². The zero-order chi connectivity index (χ0) is 24.6. The summed E-state index contributed by atoms with van der Waals surface area (Å²) in [6.07, 6.45) is 4.59. The molecule has 1 amide bonds. The van der Waals surface area contributed by atoms with Gasteiger partial charge in [0.1, 0.15) is 4.88 Å². The maximum Gasteiger partial charge on any atom is 0.345 e. The fourth-order valence-corrected chi connectivity index (χ4v) is 6.98. The number of furan rings is 1. The van der Waals surface area contributed by atoms with Crippen LogP contribution in [0.2, 0.25) is 0 Å². The molecule has 1 unspecified atom stereocenters. The highest BCUT2D eigenvalue weighted by Gasteiger charge is 2.26. The second kappa shape index (κ2) is 12.4. The van der Waals surface area contributed by atoms with Crippen LogP contribution in [-0.2, 0) is 12.2 Å². The molecule has 0 saturated carbocycles. The molecule has 1 N–H and O–H groups in total. The molecule has 3 aromatic rings. The van der Waals surface area contributed by atoms with Crippen molar-refractivity contribution in [3.63, 3.8) is 0 Å². The van der Waals surface area contributed by atoms with Gasteiger partial charge in [-0.15, -0.1) is 11.3 Å². The summed E-state index contributed by atoms with van der Waals surface area (Å²) in [6.45, 7) is 2.27. The van der Waals surface area contributed by atoms with E-state index in [2.05, 4.69) is 35.2 Å². The quantitative estimate of drug-likeness (QED) is 0.294. The number of hydrazine groups is 1. The number of benzene rings is 1. The number of nitrogens with zero attached hydrogens (tertiary/aromatic N) is 2. The van der Waals surface area contributed by atoms with E-state index in [9.17, 15) is 9.59 Å². The summed E-state index contributed by atoms with van der Waals surface area (Å²) in [5.74, 6) is 8.81. The van der Waals surface area contributed by atoms with Crippen molar-refractivity contribution in [2.45, 2.75) is 12.2 Å². The van der Waals surface area contributed by atoms with Gasteiger partial charge in [-0.25, -0.2) is 9.80 Å². The first kappa shape index (κ1) is 25.5. The highest BCUT2D eigenvalue weighted by molar-refractivity contribution is 8.15. The zero-order valence-electron chi connectivity index (χ0n) is 19.5. The number of hydrogen-bond acceptors (Lipinski definition) is 6. The Balaban J connectivity index is 1.30. The Morgan fingerprint density at radius 2 is 2.06 bits per heavy atom. The van der Waals surface area contributed by atoms with Crippen LogP contribution in [0.5, 0.6) is 0 Å². The maximum atomic E-state index is 12.6. The number of amides is 1. The molecule has 0 radical (unpaired) electrons. The number of thiophene rings is 1. The van der Waals surface area contributed by atoms with Crippen molar-refractivity contribution >= 4 is 45.2 Å². The lowest BCUT2D eigenvalue weighted by molar-refractivity contribution is 0.0348. The van der Waals surface area contributed by atoms with E-state index in [1.54, 1.807) is 12.3 Å². The van der Waals surface area contributed by atoms with Gasteiger partial charge in [-0.2, -0.15) is 0 Å². The number of carboxylic acid groups (broad SMARTS) is 1. The lowest BCUT2D eigenvalue weighted by atomic mass is 10.1. The van der Waals surface area contributed by atoms with E-state index in [-0.39, 0.29) is 16.1 Å². The summed E-state index contributed by atoms with van der Waals surface area (Å²) in [4.78, 5) is 25.1. The highest BCUT2D eigenvalue weighted by Crippen LogP contribution is 2.28. The van der Waals surface area contributed by atoms with E-state index in [0.717, 1.165) is 40.8 Å². The molecule has 0 spiro atoms. The van der Waals surface area contributed by atoms with E-state index < -0.39 is 5.97 Å². The predicted molar refractivity (Wildman–Crippen MR) is 146 cm³/mol. The van der Waals surface area contributed by atoms with Crippen LogP contribution in [0.4, 0.5) is 4.79 Å². The van der Waals surface area contributed by atoms with Crippen LogP contribution >= 0.6 is 34.0 Å². The van der Waals surface area contributed by atoms with Crippen LogP contribution in [0.3, 0.4) is 0 Å². The van der Waals surface area contributed by atoms with Crippen LogP contribution < -0.4 is 0 Å². The molecule has 4 rings (SSSR count).